The molecule has 0 heterocycles. The molecule has 0 aliphatic heterocycles. The molecule has 0 spiro atoms. The van der Waals surface area contributed by atoms with Gasteiger partial charge in [0, 0.05) is 13.7 Å². The molecule has 0 saturated carbocycles. The summed E-state index contributed by atoms with van der Waals surface area (Å²) in [7, 11) is 1.65. The van der Waals surface area contributed by atoms with Crippen molar-refractivity contribution in [3.05, 3.63) is 6.61 Å². The lowest BCUT2D eigenvalue weighted by Crippen LogP contribution is -2.04. The molecule has 0 rings (SSSR count). The van der Waals surface area contributed by atoms with Gasteiger partial charge in [-0.15, -0.1) is 0 Å². The number of ether oxygens (including phenoxy) is 3. The first kappa shape index (κ1) is 9.88. The Morgan fingerprint density at radius 1 is 1.30 bits per heavy atom. The van der Waals surface area contributed by atoms with E-state index in [-0.39, 0.29) is 0 Å². The van der Waals surface area contributed by atoms with Crippen LogP contribution >= 0.6 is 0 Å². The van der Waals surface area contributed by atoms with Gasteiger partial charge < -0.3 is 14.2 Å². The molecule has 0 aromatic rings. The fourth-order valence-electron chi connectivity index (χ4n) is 0.440. The van der Waals surface area contributed by atoms with E-state index in [0.29, 0.717) is 26.4 Å². The number of methoxy groups -OCH3 is 1. The highest BCUT2D eigenvalue weighted by Gasteiger charge is 1.86. The minimum absolute atomic E-state index is 0.539. The van der Waals surface area contributed by atoms with Crippen LogP contribution in [0.15, 0.2) is 0 Å². The quantitative estimate of drug-likeness (QED) is 0.499. The lowest BCUT2D eigenvalue weighted by molar-refractivity contribution is 0.0549. The Bertz CT molecular complexity index is 48.8. The average molecular weight is 147 g/mol. The summed E-state index contributed by atoms with van der Waals surface area (Å²) in [6, 6.07) is 0. The van der Waals surface area contributed by atoms with Crippen molar-refractivity contribution < 1.29 is 14.2 Å². The van der Waals surface area contributed by atoms with Gasteiger partial charge in [0.15, 0.2) is 0 Å². The summed E-state index contributed by atoms with van der Waals surface area (Å²) in [6.45, 7) is 6.09. The van der Waals surface area contributed by atoms with Crippen molar-refractivity contribution in [2.45, 2.75) is 6.92 Å². The van der Waals surface area contributed by atoms with Crippen LogP contribution < -0.4 is 0 Å². The SMILES string of the molecule is CCO[CH]COCCOC. The summed E-state index contributed by atoms with van der Waals surface area (Å²) < 4.78 is 14.8. The van der Waals surface area contributed by atoms with E-state index >= 15 is 0 Å². The molecule has 0 atom stereocenters. The molecule has 0 fully saturated rings. The lowest BCUT2D eigenvalue weighted by Gasteiger charge is -2.01. The fraction of sp³-hybridized carbons (Fsp3) is 0.857. The molecule has 61 valence electrons. The van der Waals surface area contributed by atoms with Crippen molar-refractivity contribution in [2.75, 3.05) is 33.5 Å². The third kappa shape index (κ3) is 7.88. The van der Waals surface area contributed by atoms with Crippen LogP contribution in [0.25, 0.3) is 0 Å². The molecule has 0 unspecified atom stereocenters. The molecule has 0 aliphatic rings. The fourth-order valence-corrected chi connectivity index (χ4v) is 0.440. The first-order valence-corrected chi connectivity index (χ1v) is 3.41. The monoisotopic (exact) mass is 147 g/mol. The van der Waals surface area contributed by atoms with Gasteiger partial charge in [-0.2, -0.15) is 0 Å². The molecule has 0 aliphatic carbocycles. The largest absolute Gasteiger partial charge is 0.382 e. The van der Waals surface area contributed by atoms with Crippen LogP contribution in [0.1, 0.15) is 6.92 Å². The second-order valence-corrected chi connectivity index (χ2v) is 1.69. The van der Waals surface area contributed by atoms with Gasteiger partial charge in [-0.3, -0.25) is 0 Å². The topological polar surface area (TPSA) is 27.7 Å². The maximum atomic E-state index is 5.07. The molecule has 10 heavy (non-hydrogen) atoms. The van der Waals surface area contributed by atoms with Gasteiger partial charge in [-0.1, -0.05) is 0 Å². The van der Waals surface area contributed by atoms with E-state index in [1.807, 2.05) is 6.92 Å². The summed E-state index contributed by atoms with van der Waals surface area (Å²) in [6.07, 6.45) is 0. The minimum Gasteiger partial charge on any atom is -0.382 e. The number of hydrogen-bond acceptors (Lipinski definition) is 3. The Morgan fingerprint density at radius 3 is 2.70 bits per heavy atom. The second-order valence-electron chi connectivity index (χ2n) is 1.69. The summed E-state index contributed by atoms with van der Waals surface area (Å²) in [5.41, 5.74) is 0. The second kappa shape index (κ2) is 8.88. The van der Waals surface area contributed by atoms with Crippen LogP contribution in [0.5, 0.6) is 0 Å². The highest BCUT2D eigenvalue weighted by molar-refractivity contribution is 4.45. The van der Waals surface area contributed by atoms with E-state index in [9.17, 15) is 0 Å². The first-order chi connectivity index (χ1) is 4.91. The molecule has 0 bridgehead atoms. The van der Waals surface area contributed by atoms with Gasteiger partial charge in [-0.05, 0) is 6.92 Å². The van der Waals surface area contributed by atoms with E-state index < -0.39 is 0 Å². The van der Waals surface area contributed by atoms with Gasteiger partial charge in [-0.25, -0.2) is 0 Å². The third-order valence-corrected chi connectivity index (χ3v) is 0.902. The molecule has 0 N–H and O–H groups in total. The standard InChI is InChI=1S/C7H15O3/c1-3-9-6-7-10-5-4-8-2/h6H,3-5,7H2,1-2H3. The maximum absolute atomic E-state index is 5.07. The zero-order valence-electron chi connectivity index (χ0n) is 6.63. The molecule has 0 amide bonds. The first-order valence-electron chi connectivity index (χ1n) is 3.41. The Hall–Kier alpha value is -0.120. The molecule has 0 saturated heterocycles. The van der Waals surface area contributed by atoms with Gasteiger partial charge in [0.25, 0.3) is 0 Å². The number of hydrogen-bond donors (Lipinski definition) is 0. The Morgan fingerprint density at radius 2 is 2.10 bits per heavy atom. The minimum atomic E-state index is 0.539. The van der Waals surface area contributed by atoms with Crippen LogP contribution in [-0.2, 0) is 14.2 Å². The van der Waals surface area contributed by atoms with Crippen LogP contribution in [0.4, 0.5) is 0 Å². The highest BCUT2D eigenvalue weighted by Crippen LogP contribution is 1.83. The van der Waals surface area contributed by atoms with E-state index in [1.165, 1.54) is 0 Å². The molecular weight excluding hydrogens is 132 g/mol. The predicted molar refractivity (Wildman–Crippen MR) is 38.6 cm³/mol. The van der Waals surface area contributed by atoms with Crippen molar-refractivity contribution >= 4 is 0 Å². The zero-order chi connectivity index (χ0) is 7.66. The maximum Gasteiger partial charge on any atom is 0.109 e. The van der Waals surface area contributed by atoms with E-state index in [4.69, 9.17) is 14.2 Å². The lowest BCUT2D eigenvalue weighted by atomic mass is 10.7. The van der Waals surface area contributed by atoms with Crippen LogP contribution in [0.2, 0.25) is 0 Å². The molecule has 3 nitrogen and oxygen atoms in total. The Labute approximate surface area is 62.3 Å². The number of rotatable bonds is 7. The van der Waals surface area contributed by atoms with Gasteiger partial charge >= 0.3 is 0 Å². The molecule has 3 heteroatoms. The van der Waals surface area contributed by atoms with E-state index in [1.54, 1.807) is 13.7 Å². The van der Waals surface area contributed by atoms with Crippen molar-refractivity contribution in [3.8, 4) is 0 Å². The summed E-state index contributed by atoms with van der Waals surface area (Å²) in [4.78, 5) is 0. The van der Waals surface area contributed by atoms with Crippen molar-refractivity contribution in [3.63, 3.8) is 0 Å². The van der Waals surface area contributed by atoms with Crippen LogP contribution in [0, 0.1) is 6.61 Å². The molecular formula is C7H15O3. The van der Waals surface area contributed by atoms with Crippen molar-refractivity contribution in [2.24, 2.45) is 0 Å². The third-order valence-electron chi connectivity index (χ3n) is 0.902. The van der Waals surface area contributed by atoms with Gasteiger partial charge in [0.2, 0.25) is 0 Å². The normalized spacial score (nSPS) is 10.2. The van der Waals surface area contributed by atoms with Crippen LogP contribution in [0.3, 0.4) is 0 Å². The Kier molecular flexibility index (Phi) is 8.77. The Balaban J connectivity index is 2.65. The average Bonchev–Trinajstić information content (AvgIpc) is 1.97. The van der Waals surface area contributed by atoms with Crippen LogP contribution in [-0.4, -0.2) is 33.5 Å². The smallest absolute Gasteiger partial charge is 0.109 e. The summed E-state index contributed by atoms with van der Waals surface area (Å²) in [5, 5.41) is 0. The van der Waals surface area contributed by atoms with Crippen molar-refractivity contribution in [1.82, 2.24) is 0 Å². The van der Waals surface area contributed by atoms with Gasteiger partial charge in [0.05, 0.1) is 19.8 Å². The summed E-state index contributed by atoms with van der Waals surface area (Å²) in [5.74, 6) is 0. The molecule has 0 aromatic carbocycles. The van der Waals surface area contributed by atoms with E-state index in [2.05, 4.69) is 0 Å². The predicted octanol–water partition coefficient (Wildman–Crippen LogP) is 0.848. The molecule has 1 radical (unpaired) electrons. The highest BCUT2D eigenvalue weighted by atomic mass is 16.5. The molecule has 0 aromatic heterocycles. The van der Waals surface area contributed by atoms with E-state index in [0.717, 1.165) is 0 Å². The van der Waals surface area contributed by atoms with Gasteiger partial charge in [0.1, 0.15) is 6.61 Å². The zero-order valence-corrected chi connectivity index (χ0v) is 6.63. The summed E-state index contributed by atoms with van der Waals surface area (Å²) >= 11 is 0. The van der Waals surface area contributed by atoms with Crippen molar-refractivity contribution in [1.29, 1.82) is 0 Å².